The molecule has 1 spiro atoms. The molecule has 3 aliphatic heterocycles. The van der Waals surface area contributed by atoms with Gasteiger partial charge in [0, 0.05) is 30.9 Å². The maximum Gasteiger partial charge on any atom is 0.274 e. The monoisotopic (exact) mass is 606 g/mol. The normalized spacial score (nSPS) is 23.5. The molecule has 4 heterocycles. The van der Waals surface area contributed by atoms with E-state index in [1.165, 1.54) is 22.8 Å². The average molecular weight is 607 g/mol. The topological polar surface area (TPSA) is 121 Å². The third kappa shape index (κ3) is 4.73. The van der Waals surface area contributed by atoms with Gasteiger partial charge in [-0.15, -0.1) is 0 Å². The number of carbonyl (C=O) groups excluding carboxylic acids is 3. The number of pyridine rings is 1. The van der Waals surface area contributed by atoms with Crippen molar-refractivity contribution in [3.63, 3.8) is 0 Å². The van der Waals surface area contributed by atoms with Gasteiger partial charge in [-0.2, -0.15) is 0 Å². The van der Waals surface area contributed by atoms with Crippen molar-refractivity contribution in [2.75, 3.05) is 6.54 Å². The highest BCUT2D eigenvalue weighted by atomic mass is 19.1. The molecular weight excluding hydrogens is 574 g/mol. The number of carbonyl (C=O) groups is 3. The third-order valence-electron chi connectivity index (χ3n) is 9.07. The van der Waals surface area contributed by atoms with Gasteiger partial charge in [-0.05, 0) is 56.9 Å². The Bertz CT molecular complexity index is 1720. The largest absolute Gasteiger partial charge is 0.503 e. The molecule has 3 aliphatic rings. The van der Waals surface area contributed by atoms with Crippen LogP contribution in [0.4, 0.5) is 8.78 Å². The fraction of sp³-hybridized carbons (Fsp3) is 0.375. The van der Waals surface area contributed by atoms with Gasteiger partial charge in [0.2, 0.25) is 11.3 Å². The second-order valence-corrected chi connectivity index (χ2v) is 11.9. The van der Waals surface area contributed by atoms with E-state index >= 15 is 0 Å². The number of benzene rings is 2. The first-order valence-electron chi connectivity index (χ1n) is 14.5. The van der Waals surface area contributed by atoms with E-state index in [0.717, 1.165) is 17.7 Å². The van der Waals surface area contributed by atoms with Crippen LogP contribution in [0.25, 0.3) is 0 Å². The number of amides is 3. The first-order valence-corrected chi connectivity index (χ1v) is 14.5. The molecule has 6 rings (SSSR count). The molecule has 2 saturated heterocycles. The molecule has 3 amide bonds. The minimum absolute atomic E-state index is 0.0244. The van der Waals surface area contributed by atoms with Gasteiger partial charge in [0.15, 0.2) is 11.4 Å². The zero-order valence-electron chi connectivity index (χ0n) is 24.5. The summed E-state index contributed by atoms with van der Waals surface area (Å²) in [4.78, 5) is 61.6. The first-order chi connectivity index (χ1) is 20.9. The molecule has 1 aromatic heterocycles. The maximum absolute atomic E-state index is 14.4. The van der Waals surface area contributed by atoms with Crippen LogP contribution in [0.1, 0.15) is 82.7 Å². The van der Waals surface area contributed by atoms with Crippen molar-refractivity contribution in [3.8, 4) is 5.75 Å². The Morgan fingerprint density at radius 3 is 2.52 bits per heavy atom. The van der Waals surface area contributed by atoms with Crippen molar-refractivity contribution in [2.45, 2.75) is 70.3 Å². The number of aromatic nitrogens is 1. The van der Waals surface area contributed by atoms with Crippen molar-refractivity contribution in [3.05, 3.63) is 98.5 Å². The number of rotatable bonds is 5. The molecule has 2 aromatic carbocycles. The number of aryl methyl sites for hydroxylation is 1. The van der Waals surface area contributed by atoms with E-state index in [4.69, 9.17) is 4.84 Å². The first kappa shape index (κ1) is 29.5. The van der Waals surface area contributed by atoms with Gasteiger partial charge in [0.25, 0.3) is 11.8 Å². The Labute approximate surface area is 251 Å². The second-order valence-electron chi connectivity index (χ2n) is 11.9. The minimum Gasteiger partial charge on any atom is -0.503 e. The second kappa shape index (κ2) is 10.8. The molecule has 0 aliphatic carbocycles. The molecule has 44 heavy (non-hydrogen) atoms. The molecule has 3 aromatic rings. The van der Waals surface area contributed by atoms with Crippen molar-refractivity contribution in [1.82, 2.24) is 19.8 Å². The zero-order chi connectivity index (χ0) is 31.5. The van der Waals surface area contributed by atoms with Gasteiger partial charge in [-0.25, -0.2) is 13.8 Å². The molecule has 2 fully saturated rings. The number of hydrogen-bond donors (Lipinski definition) is 2. The van der Waals surface area contributed by atoms with Crippen LogP contribution in [0.2, 0.25) is 0 Å². The molecule has 12 heteroatoms. The Hall–Kier alpha value is -4.58. The Morgan fingerprint density at radius 1 is 1.16 bits per heavy atom. The van der Waals surface area contributed by atoms with Crippen LogP contribution >= 0.6 is 0 Å². The van der Waals surface area contributed by atoms with E-state index in [1.54, 1.807) is 4.90 Å². The van der Waals surface area contributed by atoms with E-state index in [1.807, 2.05) is 44.2 Å². The van der Waals surface area contributed by atoms with Gasteiger partial charge in [0.1, 0.15) is 22.8 Å². The lowest BCUT2D eigenvalue weighted by molar-refractivity contribution is -0.228. The van der Waals surface area contributed by atoms with Gasteiger partial charge in [-0.3, -0.25) is 24.0 Å². The van der Waals surface area contributed by atoms with Crippen LogP contribution in [-0.2, 0) is 16.2 Å². The molecule has 10 nitrogen and oxygen atoms in total. The summed E-state index contributed by atoms with van der Waals surface area (Å²) < 4.78 is 30.2. The summed E-state index contributed by atoms with van der Waals surface area (Å²) in [7, 11) is 0. The molecule has 4 atom stereocenters. The fourth-order valence-electron chi connectivity index (χ4n) is 6.56. The highest BCUT2D eigenvalue weighted by Gasteiger charge is 2.57. The summed E-state index contributed by atoms with van der Waals surface area (Å²) >= 11 is 0. The standard InChI is InChI=1S/C32H32F2N4O6/c1-17-11-23(33)21(24(34)12-17)14-35-30(42)22-15-37-25-16-36(31(43)27(37)29(41)28(22)40)18(2)9-10-32(25)13-26(39)38(44-32)19(3)20-7-5-4-6-8-20/h4-8,11-12,15,18-19,25,41H,9-10,13-14,16H2,1-3H3,(H,35,42)/t18-,19+,25+,32-/m0/s1. The van der Waals surface area contributed by atoms with Crippen LogP contribution in [-0.4, -0.2) is 55.5 Å². The number of hydroxylamine groups is 2. The Kier molecular flexibility index (Phi) is 7.27. The van der Waals surface area contributed by atoms with Crippen molar-refractivity contribution in [2.24, 2.45) is 0 Å². The number of aromatic hydroxyl groups is 1. The van der Waals surface area contributed by atoms with Crippen molar-refractivity contribution < 1.29 is 33.1 Å². The van der Waals surface area contributed by atoms with E-state index in [-0.39, 0.29) is 36.2 Å². The maximum atomic E-state index is 14.4. The van der Waals surface area contributed by atoms with Crippen molar-refractivity contribution >= 4 is 17.7 Å². The summed E-state index contributed by atoms with van der Waals surface area (Å²) in [5, 5.41) is 14.7. The van der Waals surface area contributed by atoms with Crippen LogP contribution in [0.5, 0.6) is 5.75 Å². The number of fused-ring (bicyclic) bond motifs is 5. The smallest absolute Gasteiger partial charge is 0.274 e. The fourth-order valence-corrected chi connectivity index (χ4v) is 6.56. The van der Waals surface area contributed by atoms with Crippen LogP contribution < -0.4 is 10.7 Å². The molecule has 0 unspecified atom stereocenters. The SMILES string of the molecule is Cc1cc(F)c(CNC(=O)c2cn3c(c(O)c2=O)C(=O)N2C[C@@H]3[C@]3(CC[C@@H]2C)CC(=O)N([C@H](C)c2ccccc2)O3)c(F)c1. The third-order valence-corrected chi connectivity index (χ3v) is 9.07. The molecule has 2 bridgehead atoms. The summed E-state index contributed by atoms with van der Waals surface area (Å²) in [5.74, 6) is -4.47. The summed E-state index contributed by atoms with van der Waals surface area (Å²) in [5.41, 5.74) is -2.24. The Balaban J connectivity index is 1.39. The quantitative estimate of drug-likeness (QED) is 0.455. The highest BCUT2D eigenvalue weighted by molar-refractivity contribution is 5.99. The minimum atomic E-state index is -1.15. The van der Waals surface area contributed by atoms with E-state index in [0.29, 0.717) is 18.4 Å². The lowest BCUT2D eigenvalue weighted by atomic mass is 9.85. The summed E-state index contributed by atoms with van der Waals surface area (Å²) in [6.07, 6.45) is 2.02. The van der Waals surface area contributed by atoms with E-state index < -0.39 is 64.4 Å². The average Bonchev–Trinajstić information content (AvgIpc) is 3.27. The lowest BCUT2D eigenvalue weighted by Crippen LogP contribution is -2.52. The van der Waals surface area contributed by atoms with Gasteiger partial charge >= 0.3 is 0 Å². The van der Waals surface area contributed by atoms with E-state index in [9.17, 15) is 33.1 Å². The molecule has 2 N–H and O–H groups in total. The van der Waals surface area contributed by atoms with Crippen LogP contribution in [0.15, 0.2) is 53.5 Å². The Morgan fingerprint density at radius 2 is 1.84 bits per heavy atom. The predicted molar refractivity (Wildman–Crippen MR) is 154 cm³/mol. The molecule has 230 valence electrons. The van der Waals surface area contributed by atoms with Gasteiger partial charge in [0.05, 0.1) is 18.5 Å². The molecule has 0 saturated carbocycles. The van der Waals surface area contributed by atoms with Crippen molar-refractivity contribution in [1.29, 1.82) is 0 Å². The van der Waals surface area contributed by atoms with Gasteiger partial charge < -0.3 is 19.9 Å². The lowest BCUT2D eigenvalue weighted by Gasteiger charge is -2.42. The predicted octanol–water partition coefficient (Wildman–Crippen LogP) is 3.91. The highest BCUT2D eigenvalue weighted by Crippen LogP contribution is 2.48. The molecule has 0 radical (unpaired) electrons. The van der Waals surface area contributed by atoms with Crippen LogP contribution in [0.3, 0.4) is 0 Å². The summed E-state index contributed by atoms with van der Waals surface area (Å²) in [6, 6.07) is 10.2. The number of hydrogen-bond acceptors (Lipinski definition) is 6. The number of nitrogens with one attached hydrogen (secondary N) is 1. The zero-order valence-corrected chi connectivity index (χ0v) is 24.5. The number of nitrogens with zero attached hydrogens (tertiary/aromatic N) is 3. The van der Waals surface area contributed by atoms with Crippen LogP contribution in [0, 0.1) is 18.6 Å². The van der Waals surface area contributed by atoms with E-state index in [2.05, 4.69) is 5.32 Å². The number of halogens is 2. The van der Waals surface area contributed by atoms with Gasteiger partial charge in [-0.1, -0.05) is 30.3 Å². The molecular formula is C32H32F2N4O6. The summed E-state index contributed by atoms with van der Waals surface area (Å²) in [6.45, 7) is 4.78.